The van der Waals surface area contributed by atoms with E-state index in [0.29, 0.717) is 12.1 Å². The maximum Gasteiger partial charge on any atom is 0.251 e. The Balaban J connectivity index is 2.00. The molecule has 2 aromatic rings. The number of aromatic amines is 1. The average Bonchev–Trinajstić information content (AvgIpc) is 2.89. The summed E-state index contributed by atoms with van der Waals surface area (Å²) in [6, 6.07) is 7.55. The molecule has 1 heterocycles. The van der Waals surface area contributed by atoms with E-state index in [0.717, 1.165) is 11.5 Å². The molecule has 2 rings (SSSR count). The van der Waals surface area contributed by atoms with Crippen molar-refractivity contribution >= 4 is 11.6 Å². The van der Waals surface area contributed by atoms with E-state index in [1.807, 2.05) is 32.0 Å². The lowest BCUT2D eigenvalue weighted by Gasteiger charge is -2.10. The number of rotatable bonds is 5. The normalized spacial score (nSPS) is 10.5. The number of imidazole rings is 1. The second-order valence-electron chi connectivity index (χ2n) is 4.60. The molecular weight excluding hydrogens is 240 g/mol. The third-order valence-electron chi connectivity index (χ3n) is 2.56. The number of hydrogen-bond acceptors (Lipinski definition) is 3. The Kier molecular flexibility index (Phi) is 4.18. The van der Waals surface area contributed by atoms with E-state index >= 15 is 0 Å². The van der Waals surface area contributed by atoms with Gasteiger partial charge < -0.3 is 15.6 Å². The highest BCUT2D eigenvalue weighted by molar-refractivity contribution is 5.95. The van der Waals surface area contributed by atoms with Crippen LogP contribution in [0.15, 0.2) is 36.7 Å². The third kappa shape index (κ3) is 3.84. The van der Waals surface area contributed by atoms with E-state index in [1.165, 1.54) is 0 Å². The standard InChI is InChI=1S/C14H18N4O/c1-10(2)18-14(19)11-4-3-5-12(8-11)17-9-13-15-6-7-16-13/h3-8,10,17H,9H2,1-2H3,(H,15,16)(H,18,19). The number of nitrogens with one attached hydrogen (secondary N) is 3. The van der Waals surface area contributed by atoms with Crippen molar-refractivity contribution in [1.29, 1.82) is 0 Å². The number of anilines is 1. The van der Waals surface area contributed by atoms with Crippen LogP contribution in [0.5, 0.6) is 0 Å². The van der Waals surface area contributed by atoms with Gasteiger partial charge in [-0.15, -0.1) is 0 Å². The summed E-state index contributed by atoms with van der Waals surface area (Å²) in [4.78, 5) is 19.0. The number of H-pyrrole nitrogens is 1. The van der Waals surface area contributed by atoms with Crippen LogP contribution in [0.2, 0.25) is 0 Å². The van der Waals surface area contributed by atoms with Crippen molar-refractivity contribution in [3.05, 3.63) is 48.0 Å². The van der Waals surface area contributed by atoms with Crippen molar-refractivity contribution in [1.82, 2.24) is 15.3 Å². The molecule has 0 saturated carbocycles. The van der Waals surface area contributed by atoms with E-state index < -0.39 is 0 Å². The van der Waals surface area contributed by atoms with Gasteiger partial charge in [0.15, 0.2) is 0 Å². The van der Waals surface area contributed by atoms with E-state index in [1.54, 1.807) is 18.5 Å². The van der Waals surface area contributed by atoms with E-state index in [2.05, 4.69) is 20.6 Å². The lowest BCUT2D eigenvalue weighted by molar-refractivity contribution is 0.0943. The number of aromatic nitrogens is 2. The molecule has 19 heavy (non-hydrogen) atoms. The highest BCUT2D eigenvalue weighted by Gasteiger charge is 2.07. The third-order valence-corrected chi connectivity index (χ3v) is 2.56. The number of hydrogen-bond donors (Lipinski definition) is 3. The van der Waals surface area contributed by atoms with Crippen LogP contribution in [0.1, 0.15) is 30.0 Å². The van der Waals surface area contributed by atoms with Gasteiger partial charge >= 0.3 is 0 Å². The summed E-state index contributed by atoms with van der Waals surface area (Å²) in [5.74, 6) is 0.800. The fraction of sp³-hybridized carbons (Fsp3) is 0.286. The van der Waals surface area contributed by atoms with E-state index in [-0.39, 0.29) is 11.9 Å². The summed E-state index contributed by atoms with van der Waals surface area (Å²) in [5, 5.41) is 6.09. The number of benzene rings is 1. The minimum absolute atomic E-state index is 0.0587. The molecule has 0 atom stereocenters. The summed E-state index contributed by atoms with van der Waals surface area (Å²) < 4.78 is 0. The number of carbonyl (C=O) groups is 1. The Hall–Kier alpha value is -2.30. The largest absolute Gasteiger partial charge is 0.378 e. The highest BCUT2D eigenvalue weighted by Crippen LogP contribution is 2.11. The van der Waals surface area contributed by atoms with Crippen molar-refractivity contribution < 1.29 is 4.79 Å². The van der Waals surface area contributed by atoms with Crippen LogP contribution >= 0.6 is 0 Å². The molecule has 1 amide bonds. The molecule has 0 bridgehead atoms. The molecule has 0 saturated heterocycles. The summed E-state index contributed by atoms with van der Waals surface area (Å²) in [5.41, 5.74) is 1.55. The Morgan fingerprint density at radius 1 is 1.42 bits per heavy atom. The van der Waals surface area contributed by atoms with Crippen LogP contribution in [-0.4, -0.2) is 21.9 Å². The zero-order valence-electron chi connectivity index (χ0n) is 11.1. The molecule has 0 aliphatic heterocycles. The smallest absolute Gasteiger partial charge is 0.251 e. The molecule has 5 nitrogen and oxygen atoms in total. The number of carbonyl (C=O) groups excluding carboxylic acids is 1. The van der Waals surface area contributed by atoms with Gasteiger partial charge in [-0.2, -0.15) is 0 Å². The molecule has 1 aromatic carbocycles. The first-order valence-electron chi connectivity index (χ1n) is 6.28. The molecule has 0 aliphatic rings. The average molecular weight is 258 g/mol. The lowest BCUT2D eigenvalue weighted by Crippen LogP contribution is -2.30. The molecule has 0 fully saturated rings. The van der Waals surface area contributed by atoms with Gasteiger partial charge in [-0.05, 0) is 32.0 Å². The molecule has 0 spiro atoms. The monoisotopic (exact) mass is 258 g/mol. The molecule has 0 unspecified atom stereocenters. The Morgan fingerprint density at radius 2 is 2.26 bits per heavy atom. The zero-order chi connectivity index (χ0) is 13.7. The molecular formula is C14H18N4O. The fourth-order valence-corrected chi connectivity index (χ4v) is 1.70. The first-order chi connectivity index (χ1) is 9.15. The SMILES string of the molecule is CC(C)NC(=O)c1cccc(NCc2ncc[nH]2)c1. The van der Waals surface area contributed by atoms with Gasteiger partial charge in [0.25, 0.3) is 5.91 Å². The van der Waals surface area contributed by atoms with Crippen LogP contribution < -0.4 is 10.6 Å². The Morgan fingerprint density at radius 3 is 2.95 bits per heavy atom. The summed E-state index contributed by atoms with van der Waals surface area (Å²) in [7, 11) is 0. The Bertz CT molecular complexity index is 534. The second kappa shape index (κ2) is 6.04. The molecule has 100 valence electrons. The van der Waals surface area contributed by atoms with Crippen molar-refractivity contribution in [3.63, 3.8) is 0 Å². The molecule has 5 heteroatoms. The van der Waals surface area contributed by atoms with Crippen LogP contribution in [-0.2, 0) is 6.54 Å². The van der Waals surface area contributed by atoms with Gasteiger partial charge in [0.2, 0.25) is 0 Å². The van der Waals surface area contributed by atoms with E-state index in [4.69, 9.17) is 0 Å². The maximum atomic E-state index is 11.9. The van der Waals surface area contributed by atoms with Gasteiger partial charge in [0.05, 0.1) is 6.54 Å². The van der Waals surface area contributed by atoms with Crippen LogP contribution in [0.3, 0.4) is 0 Å². The predicted molar refractivity (Wildman–Crippen MR) is 75.0 cm³/mol. The van der Waals surface area contributed by atoms with Crippen LogP contribution in [0, 0.1) is 0 Å². The van der Waals surface area contributed by atoms with Crippen LogP contribution in [0.4, 0.5) is 5.69 Å². The summed E-state index contributed by atoms with van der Waals surface area (Å²) >= 11 is 0. The second-order valence-corrected chi connectivity index (χ2v) is 4.60. The minimum Gasteiger partial charge on any atom is -0.378 e. The fourth-order valence-electron chi connectivity index (χ4n) is 1.70. The van der Waals surface area contributed by atoms with Gasteiger partial charge in [0, 0.05) is 29.7 Å². The molecule has 1 aromatic heterocycles. The number of nitrogens with zero attached hydrogens (tertiary/aromatic N) is 1. The van der Waals surface area contributed by atoms with Gasteiger partial charge in [0.1, 0.15) is 5.82 Å². The maximum absolute atomic E-state index is 11.9. The lowest BCUT2D eigenvalue weighted by atomic mass is 10.2. The first kappa shape index (κ1) is 13.1. The predicted octanol–water partition coefficient (Wildman–Crippen LogP) is 2.16. The van der Waals surface area contributed by atoms with Gasteiger partial charge in [-0.1, -0.05) is 6.07 Å². The summed E-state index contributed by atoms with van der Waals surface area (Å²) in [6.07, 6.45) is 3.49. The van der Waals surface area contributed by atoms with Crippen molar-refractivity contribution in [3.8, 4) is 0 Å². The first-order valence-corrected chi connectivity index (χ1v) is 6.28. The molecule has 0 aliphatic carbocycles. The van der Waals surface area contributed by atoms with Gasteiger partial charge in [-0.25, -0.2) is 4.98 Å². The topological polar surface area (TPSA) is 69.8 Å². The van der Waals surface area contributed by atoms with Crippen LogP contribution in [0.25, 0.3) is 0 Å². The zero-order valence-corrected chi connectivity index (χ0v) is 11.1. The van der Waals surface area contributed by atoms with Gasteiger partial charge in [-0.3, -0.25) is 4.79 Å². The number of amides is 1. The molecule has 3 N–H and O–H groups in total. The minimum atomic E-state index is -0.0587. The van der Waals surface area contributed by atoms with E-state index in [9.17, 15) is 4.79 Å². The molecule has 0 radical (unpaired) electrons. The van der Waals surface area contributed by atoms with Crippen molar-refractivity contribution in [2.24, 2.45) is 0 Å². The summed E-state index contributed by atoms with van der Waals surface area (Å²) in [6.45, 7) is 4.48. The van der Waals surface area contributed by atoms with Crippen molar-refractivity contribution in [2.45, 2.75) is 26.4 Å². The highest BCUT2D eigenvalue weighted by atomic mass is 16.1. The quantitative estimate of drug-likeness (QED) is 0.769. The Labute approximate surface area is 112 Å². The van der Waals surface area contributed by atoms with Crippen molar-refractivity contribution in [2.75, 3.05) is 5.32 Å².